The molecule has 2 aromatic heterocycles. The number of ketones is 1. The van der Waals surface area contributed by atoms with Crippen molar-refractivity contribution in [3.63, 3.8) is 0 Å². The first-order valence-electron chi connectivity index (χ1n) is 7.50. The molecule has 0 amide bonds. The molecule has 23 heavy (non-hydrogen) atoms. The fraction of sp³-hybridized carbons (Fsp3) is 0.158. The lowest BCUT2D eigenvalue weighted by Gasteiger charge is -2.05. The van der Waals surface area contributed by atoms with Gasteiger partial charge in [-0.15, -0.1) is 0 Å². The van der Waals surface area contributed by atoms with E-state index in [1.165, 1.54) is 0 Å². The van der Waals surface area contributed by atoms with Crippen LogP contribution in [0.25, 0.3) is 16.6 Å². The molecule has 0 saturated heterocycles. The number of hydrogen-bond acceptors (Lipinski definition) is 3. The summed E-state index contributed by atoms with van der Waals surface area (Å²) in [7, 11) is 0. The Morgan fingerprint density at radius 2 is 1.83 bits per heavy atom. The van der Waals surface area contributed by atoms with E-state index < -0.39 is 0 Å². The molecule has 0 N–H and O–H groups in total. The minimum absolute atomic E-state index is 0.0206. The number of rotatable bonds is 4. The Kier molecular flexibility index (Phi) is 3.98. The maximum atomic E-state index is 12.1. The van der Waals surface area contributed by atoms with Gasteiger partial charge >= 0.3 is 5.97 Å². The second kappa shape index (κ2) is 6.08. The predicted octanol–water partition coefficient (Wildman–Crippen LogP) is 3.99. The maximum Gasteiger partial charge on any atom is 0.338 e. The molecule has 0 fully saturated rings. The first-order chi connectivity index (χ1) is 11.1. The van der Waals surface area contributed by atoms with Gasteiger partial charge in [-0.25, -0.2) is 4.79 Å². The van der Waals surface area contributed by atoms with E-state index in [4.69, 9.17) is 4.74 Å². The van der Waals surface area contributed by atoms with Crippen molar-refractivity contribution in [2.75, 3.05) is 6.61 Å². The van der Waals surface area contributed by atoms with Gasteiger partial charge in [0.15, 0.2) is 5.78 Å². The Hall–Kier alpha value is -2.88. The number of ether oxygens (including phenoxy) is 1. The molecule has 0 unspecified atom stereocenters. The molecule has 4 nitrogen and oxygen atoms in total. The van der Waals surface area contributed by atoms with Crippen LogP contribution in [0, 0.1) is 0 Å². The third kappa shape index (κ3) is 2.75. The Morgan fingerprint density at radius 1 is 1.09 bits per heavy atom. The van der Waals surface area contributed by atoms with E-state index in [9.17, 15) is 9.59 Å². The number of carbonyl (C=O) groups is 2. The van der Waals surface area contributed by atoms with E-state index in [1.54, 1.807) is 32.2 Å². The second-order valence-electron chi connectivity index (χ2n) is 5.26. The lowest BCUT2D eigenvalue weighted by Crippen LogP contribution is -2.06. The quantitative estimate of drug-likeness (QED) is 0.541. The Labute approximate surface area is 134 Å². The van der Waals surface area contributed by atoms with Crippen LogP contribution in [-0.2, 0) is 4.74 Å². The highest BCUT2D eigenvalue weighted by atomic mass is 16.5. The topological polar surface area (TPSA) is 47.8 Å². The fourth-order valence-electron chi connectivity index (χ4n) is 2.72. The standard InChI is InChI=1S/C19H17NO3/c1-3-23-19(22)15-9-10-20-16(11-15)12-17(18(20)13(2)21)14-7-5-4-6-8-14/h4-12H,3H2,1-2H3. The van der Waals surface area contributed by atoms with Crippen molar-refractivity contribution in [2.24, 2.45) is 0 Å². The van der Waals surface area contributed by atoms with E-state index in [2.05, 4.69) is 0 Å². The van der Waals surface area contributed by atoms with Gasteiger partial charge in [0.2, 0.25) is 0 Å². The van der Waals surface area contributed by atoms with Gasteiger partial charge in [0, 0.05) is 24.2 Å². The first kappa shape index (κ1) is 15.0. The monoisotopic (exact) mass is 307 g/mol. The zero-order chi connectivity index (χ0) is 16.4. The molecular formula is C19H17NO3. The molecular weight excluding hydrogens is 290 g/mol. The van der Waals surface area contributed by atoms with Crippen LogP contribution < -0.4 is 0 Å². The fourth-order valence-corrected chi connectivity index (χ4v) is 2.72. The summed E-state index contributed by atoms with van der Waals surface area (Å²) in [6.45, 7) is 3.65. The van der Waals surface area contributed by atoms with Crippen molar-refractivity contribution in [1.82, 2.24) is 4.40 Å². The van der Waals surface area contributed by atoms with Gasteiger partial charge < -0.3 is 9.14 Å². The van der Waals surface area contributed by atoms with Crippen LogP contribution >= 0.6 is 0 Å². The first-order valence-corrected chi connectivity index (χ1v) is 7.50. The summed E-state index contributed by atoms with van der Waals surface area (Å²) in [4.78, 5) is 24.0. The van der Waals surface area contributed by atoms with Crippen LogP contribution in [0.4, 0.5) is 0 Å². The van der Waals surface area contributed by atoms with Crippen molar-refractivity contribution < 1.29 is 14.3 Å². The minimum Gasteiger partial charge on any atom is -0.462 e. The molecule has 0 atom stereocenters. The SMILES string of the molecule is CCOC(=O)c1ccn2c(C(C)=O)c(-c3ccccc3)cc2c1. The molecule has 3 rings (SSSR count). The minimum atomic E-state index is -0.359. The molecule has 116 valence electrons. The predicted molar refractivity (Wildman–Crippen MR) is 88.8 cm³/mol. The molecule has 0 radical (unpaired) electrons. The number of aromatic nitrogens is 1. The molecule has 0 aliphatic rings. The second-order valence-corrected chi connectivity index (χ2v) is 5.26. The number of esters is 1. The average molecular weight is 307 g/mol. The van der Waals surface area contributed by atoms with Crippen molar-refractivity contribution in [3.05, 3.63) is 66.0 Å². The van der Waals surface area contributed by atoms with Crippen LogP contribution in [0.1, 0.15) is 34.7 Å². The largest absolute Gasteiger partial charge is 0.462 e. The Morgan fingerprint density at radius 3 is 2.48 bits per heavy atom. The van der Waals surface area contributed by atoms with Crippen molar-refractivity contribution in [2.45, 2.75) is 13.8 Å². The zero-order valence-corrected chi connectivity index (χ0v) is 13.1. The summed E-state index contributed by atoms with van der Waals surface area (Å²) >= 11 is 0. The molecule has 4 heteroatoms. The number of carbonyl (C=O) groups excluding carboxylic acids is 2. The summed E-state index contributed by atoms with van der Waals surface area (Å²) in [6.07, 6.45) is 1.74. The molecule has 0 saturated carbocycles. The van der Waals surface area contributed by atoms with E-state index in [1.807, 2.05) is 40.8 Å². The van der Waals surface area contributed by atoms with E-state index in [-0.39, 0.29) is 11.8 Å². The van der Waals surface area contributed by atoms with Crippen LogP contribution in [-0.4, -0.2) is 22.8 Å². The van der Waals surface area contributed by atoms with Crippen LogP contribution in [0.5, 0.6) is 0 Å². The molecule has 2 heterocycles. The number of hydrogen-bond donors (Lipinski definition) is 0. The Balaban J connectivity index is 2.19. The highest BCUT2D eigenvalue weighted by molar-refractivity contribution is 6.02. The third-order valence-corrected chi connectivity index (χ3v) is 3.70. The highest BCUT2D eigenvalue weighted by Crippen LogP contribution is 2.28. The van der Waals surface area contributed by atoms with E-state index in [0.29, 0.717) is 17.9 Å². The van der Waals surface area contributed by atoms with E-state index in [0.717, 1.165) is 16.6 Å². The molecule has 0 bridgehead atoms. The highest BCUT2D eigenvalue weighted by Gasteiger charge is 2.17. The van der Waals surface area contributed by atoms with Crippen LogP contribution in [0.3, 0.4) is 0 Å². The summed E-state index contributed by atoms with van der Waals surface area (Å²) in [5.74, 6) is -0.380. The number of pyridine rings is 1. The molecule has 1 aromatic carbocycles. The van der Waals surface area contributed by atoms with Gasteiger partial charge in [0.1, 0.15) is 0 Å². The Bertz CT molecular complexity index is 878. The number of fused-ring (bicyclic) bond motifs is 1. The van der Waals surface area contributed by atoms with Crippen molar-refractivity contribution in [1.29, 1.82) is 0 Å². The number of Topliss-reactive ketones (excluding diaryl/α,β-unsaturated/α-hetero) is 1. The van der Waals surface area contributed by atoms with E-state index >= 15 is 0 Å². The molecule has 0 aliphatic carbocycles. The third-order valence-electron chi connectivity index (χ3n) is 3.70. The van der Waals surface area contributed by atoms with Gasteiger partial charge in [0.25, 0.3) is 0 Å². The van der Waals surface area contributed by atoms with Gasteiger partial charge in [-0.1, -0.05) is 30.3 Å². The molecule has 0 spiro atoms. The van der Waals surface area contributed by atoms with Crippen molar-refractivity contribution in [3.8, 4) is 11.1 Å². The van der Waals surface area contributed by atoms with Crippen molar-refractivity contribution >= 4 is 17.3 Å². The number of nitrogens with zero attached hydrogens (tertiary/aromatic N) is 1. The summed E-state index contributed by atoms with van der Waals surface area (Å²) in [6, 6.07) is 15.1. The maximum absolute atomic E-state index is 12.1. The smallest absolute Gasteiger partial charge is 0.338 e. The zero-order valence-electron chi connectivity index (χ0n) is 13.1. The average Bonchev–Trinajstić information content (AvgIpc) is 2.94. The van der Waals surface area contributed by atoms with Crippen LogP contribution in [0.15, 0.2) is 54.7 Å². The lowest BCUT2D eigenvalue weighted by molar-refractivity contribution is 0.0526. The van der Waals surface area contributed by atoms with Crippen LogP contribution in [0.2, 0.25) is 0 Å². The van der Waals surface area contributed by atoms with Gasteiger partial charge in [-0.2, -0.15) is 0 Å². The summed E-state index contributed by atoms with van der Waals surface area (Å²) in [5, 5.41) is 0. The lowest BCUT2D eigenvalue weighted by atomic mass is 10.0. The van der Waals surface area contributed by atoms with Gasteiger partial charge in [0.05, 0.1) is 17.9 Å². The molecule has 3 aromatic rings. The molecule has 0 aliphatic heterocycles. The normalized spacial score (nSPS) is 10.7. The van der Waals surface area contributed by atoms with Gasteiger partial charge in [-0.3, -0.25) is 4.79 Å². The summed E-state index contributed by atoms with van der Waals surface area (Å²) < 4.78 is 6.84. The summed E-state index contributed by atoms with van der Waals surface area (Å²) in [5.41, 5.74) is 3.71. The number of benzene rings is 1. The van der Waals surface area contributed by atoms with Gasteiger partial charge in [-0.05, 0) is 30.7 Å².